The number of aliphatic hydroxyl groups is 2. The number of benzene rings is 1. The first-order valence-electron chi connectivity index (χ1n) is 5.28. The molecule has 0 amide bonds. The molecule has 0 radical (unpaired) electrons. The first-order valence-corrected chi connectivity index (χ1v) is 5.66. The van der Waals surface area contributed by atoms with Gasteiger partial charge >= 0.3 is 11.7 Å². The molecular formula is C12H12ClN2O4+. The summed E-state index contributed by atoms with van der Waals surface area (Å²) in [6.07, 6.45) is -1.37. The van der Waals surface area contributed by atoms with Crippen LogP contribution < -0.4 is 0 Å². The van der Waals surface area contributed by atoms with Crippen LogP contribution in [-0.4, -0.2) is 23.3 Å². The Hall–Kier alpha value is -2.10. The van der Waals surface area contributed by atoms with E-state index in [2.05, 4.69) is 9.71 Å². The van der Waals surface area contributed by atoms with Crippen molar-refractivity contribution in [1.29, 1.82) is 5.39 Å². The summed E-state index contributed by atoms with van der Waals surface area (Å²) < 4.78 is 4.32. The van der Waals surface area contributed by atoms with E-state index in [0.717, 1.165) is 7.11 Å². The van der Waals surface area contributed by atoms with Gasteiger partial charge in [0.1, 0.15) is 0 Å². The van der Waals surface area contributed by atoms with Crippen molar-refractivity contribution >= 4 is 17.6 Å². The fourth-order valence-corrected chi connectivity index (χ4v) is 1.52. The number of nitrogens with zero attached hydrogens (tertiary/aromatic N) is 2. The van der Waals surface area contributed by atoms with E-state index in [0.29, 0.717) is 10.6 Å². The van der Waals surface area contributed by atoms with Crippen LogP contribution >= 0.6 is 11.6 Å². The summed E-state index contributed by atoms with van der Waals surface area (Å²) in [5, 5.41) is 28.6. The Kier molecular flexibility index (Phi) is 5.30. The van der Waals surface area contributed by atoms with E-state index in [1.807, 2.05) is 0 Å². The van der Waals surface area contributed by atoms with Crippen molar-refractivity contribution in [2.75, 3.05) is 7.11 Å². The van der Waals surface area contributed by atoms with Gasteiger partial charge in [-0.3, -0.25) is 0 Å². The maximum absolute atomic E-state index is 11.2. The highest BCUT2D eigenvalue weighted by Gasteiger charge is 2.31. The number of carbonyl (C=O) groups excluding carboxylic acids is 1. The number of hydrogen-bond donors (Lipinski definition) is 2. The van der Waals surface area contributed by atoms with E-state index in [9.17, 15) is 15.0 Å². The highest BCUT2D eigenvalue weighted by Crippen LogP contribution is 2.23. The van der Waals surface area contributed by atoms with E-state index in [4.69, 9.17) is 17.0 Å². The van der Waals surface area contributed by atoms with Gasteiger partial charge in [0.2, 0.25) is 5.39 Å². The standard InChI is InChI=1S/C12H11ClN2O4/c1-19-12(18)11(15-14)10(17)6-9(16)7-2-4-8(13)5-3-7/h2-5,9,16H,6H2,1H3/p+1/t9-/m0/s1. The largest absolute Gasteiger partial charge is 0.505 e. The first-order chi connectivity index (χ1) is 8.99. The van der Waals surface area contributed by atoms with E-state index >= 15 is 0 Å². The maximum Gasteiger partial charge on any atom is 0.505 e. The third-order valence-electron chi connectivity index (χ3n) is 2.39. The Morgan fingerprint density at radius 3 is 2.53 bits per heavy atom. The second kappa shape index (κ2) is 6.73. The Morgan fingerprint density at radius 2 is 2.05 bits per heavy atom. The summed E-state index contributed by atoms with van der Waals surface area (Å²) in [6, 6.07) is 6.32. The number of aliphatic hydroxyl groups excluding tert-OH is 2. The molecule has 0 fully saturated rings. The molecule has 0 saturated heterocycles. The number of methoxy groups -OCH3 is 1. The molecule has 1 atom stereocenters. The van der Waals surface area contributed by atoms with Crippen molar-refractivity contribution in [3.63, 3.8) is 0 Å². The van der Waals surface area contributed by atoms with Crippen molar-refractivity contribution in [1.82, 2.24) is 0 Å². The number of esters is 1. The quantitative estimate of drug-likeness (QED) is 0.383. The lowest BCUT2D eigenvalue weighted by Crippen LogP contribution is -2.07. The van der Waals surface area contributed by atoms with Gasteiger partial charge in [-0.2, -0.15) is 0 Å². The normalized spacial score (nSPS) is 13.2. The van der Waals surface area contributed by atoms with Gasteiger partial charge in [0, 0.05) is 11.4 Å². The highest BCUT2D eigenvalue weighted by atomic mass is 35.5. The monoisotopic (exact) mass is 283 g/mol. The van der Waals surface area contributed by atoms with E-state index in [1.54, 1.807) is 24.3 Å². The van der Waals surface area contributed by atoms with Crippen molar-refractivity contribution in [2.24, 2.45) is 0 Å². The third-order valence-corrected chi connectivity index (χ3v) is 2.65. The third kappa shape index (κ3) is 3.95. The predicted molar refractivity (Wildman–Crippen MR) is 67.8 cm³/mol. The predicted octanol–water partition coefficient (Wildman–Crippen LogP) is 2.56. The van der Waals surface area contributed by atoms with E-state index in [-0.39, 0.29) is 6.42 Å². The molecule has 1 rings (SSSR count). The number of halogens is 1. The second-order valence-electron chi connectivity index (χ2n) is 3.66. The number of ether oxygens (including phenoxy) is 1. The van der Waals surface area contributed by atoms with Crippen molar-refractivity contribution in [2.45, 2.75) is 12.5 Å². The summed E-state index contributed by atoms with van der Waals surface area (Å²) in [6.45, 7) is 0. The van der Waals surface area contributed by atoms with Gasteiger partial charge in [-0.1, -0.05) is 23.7 Å². The zero-order valence-electron chi connectivity index (χ0n) is 10.1. The van der Waals surface area contributed by atoms with Crippen LogP contribution in [0.15, 0.2) is 35.7 Å². The molecule has 0 aliphatic carbocycles. The Balaban J connectivity index is 2.89. The summed E-state index contributed by atoms with van der Waals surface area (Å²) in [5.74, 6) is -1.57. The summed E-state index contributed by atoms with van der Waals surface area (Å²) in [5.41, 5.74) is -0.145. The minimum absolute atomic E-state index is 0.296. The fourth-order valence-electron chi connectivity index (χ4n) is 1.40. The van der Waals surface area contributed by atoms with Crippen LogP contribution in [0.1, 0.15) is 18.1 Å². The molecule has 0 heterocycles. The van der Waals surface area contributed by atoms with Crippen molar-refractivity contribution in [3.05, 3.63) is 51.3 Å². The summed E-state index contributed by atoms with van der Waals surface area (Å²) in [4.78, 5) is 13.8. The topological polar surface area (TPSA) is 94.9 Å². The lowest BCUT2D eigenvalue weighted by Gasteiger charge is -2.09. The lowest BCUT2D eigenvalue weighted by atomic mass is 10.1. The molecule has 0 aromatic heterocycles. The highest BCUT2D eigenvalue weighted by molar-refractivity contribution is 6.30. The fraction of sp³-hybridized carbons (Fsp3) is 0.250. The van der Waals surface area contributed by atoms with Crippen LogP contribution in [0.5, 0.6) is 0 Å². The van der Waals surface area contributed by atoms with Crippen LogP contribution in [0, 0.1) is 5.39 Å². The molecule has 0 aliphatic heterocycles. The number of hydrogen-bond acceptors (Lipinski definition) is 5. The van der Waals surface area contributed by atoms with E-state index < -0.39 is 23.5 Å². The SMILES string of the molecule is COC(=O)/C([N+]#N)=C(\O)C[C@H](O)c1ccc(Cl)cc1. The van der Waals surface area contributed by atoms with Gasteiger partial charge in [-0.15, -0.1) is 0 Å². The zero-order valence-corrected chi connectivity index (χ0v) is 10.8. The van der Waals surface area contributed by atoms with Crippen molar-refractivity contribution in [3.8, 4) is 0 Å². The van der Waals surface area contributed by atoms with Gasteiger partial charge < -0.3 is 14.9 Å². The van der Waals surface area contributed by atoms with Crippen LogP contribution in [0.4, 0.5) is 0 Å². The molecular weight excluding hydrogens is 272 g/mol. The van der Waals surface area contributed by atoms with Gasteiger partial charge in [-0.25, -0.2) is 4.79 Å². The minimum atomic E-state index is -1.07. The van der Waals surface area contributed by atoms with Gasteiger partial charge in [0.15, 0.2) is 10.7 Å². The number of diazo groups is 1. The summed E-state index contributed by atoms with van der Waals surface area (Å²) >= 11 is 5.71. The molecule has 2 N–H and O–H groups in total. The molecule has 0 bridgehead atoms. The molecule has 0 unspecified atom stereocenters. The van der Waals surface area contributed by atoms with E-state index in [1.165, 1.54) is 0 Å². The maximum atomic E-state index is 11.2. The van der Waals surface area contributed by atoms with Crippen LogP contribution in [0.25, 0.3) is 4.98 Å². The van der Waals surface area contributed by atoms with Crippen LogP contribution in [0.2, 0.25) is 5.02 Å². The molecule has 7 heteroatoms. The lowest BCUT2D eigenvalue weighted by molar-refractivity contribution is -0.136. The molecule has 0 saturated carbocycles. The van der Waals surface area contributed by atoms with Crippen molar-refractivity contribution < 1.29 is 19.7 Å². The molecule has 6 nitrogen and oxygen atoms in total. The Morgan fingerprint density at radius 1 is 1.47 bits per heavy atom. The minimum Gasteiger partial charge on any atom is -0.505 e. The molecule has 0 aliphatic rings. The molecule has 1 aromatic carbocycles. The zero-order chi connectivity index (χ0) is 14.4. The van der Waals surface area contributed by atoms with Gasteiger partial charge in [0.25, 0.3) is 0 Å². The molecule has 1 aromatic rings. The Bertz CT molecular complexity index is 534. The van der Waals surface area contributed by atoms with Gasteiger partial charge in [0.05, 0.1) is 13.2 Å². The molecule has 100 valence electrons. The van der Waals surface area contributed by atoms with Crippen LogP contribution in [-0.2, 0) is 9.53 Å². The smallest absolute Gasteiger partial charge is 0.505 e. The summed E-state index contributed by atoms with van der Waals surface area (Å²) in [7, 11) is 1.08. The number of rotatable bonds is 4. The average molecular weight is 284 g/mol. The van der Waals surface area contributed by atoms with Gasteiger partial charge in [-0.05, 0) is 17.7 Å². The van der Waals surface area contributed by atoms with Crippen LogP contribution in [0.3, 0.4) is 0 Å². The Labute approximate surface area is 114 Å². The second-order valence-corrected chi connectivity index (χ2v) is 4.09. The first kappa shape index (κ1) is 15.0. The molecule has 0 spiro atoms. The molecule has 19 heavy (non-hydrogen) atoms. The number of carbonyl (C=O) groups is 1. The average Bonchev–Trinajstić information content (AvgIpc) is 2.39.